The molecule has 0 aromatic rings. The molecule has 3 heteroatoms. The van der Waals surface area contributed by atoms with Crippen LogP contribution in [0.1, 0.15) is 58.3 Å². The van der Waals surface area contributed by atoms with Crippen molar-refractivity contribution in [3.8, 4) is 0 Å². The molecule has 0 saturated carbocycles. The normalized spacial score (nSPS) is 10.3. The fourth-order valence-electron chi connectivity index (χ4n) is 1.56. The fraction of sp³-hybridized carbons (Fsp3) is 0.917. The number of hydrogen-bond acceptors (Lipinski definition) is 2. The molecule has 0 radical (unpaired) electrons. The Kier molecular flexibility index (Phi) is 11.1. The van der Waals surface area contributed by atoms with E-state index in [1.165, 1.54) is 44.9 Å². The van der Waals surface area contributed by atoms with Gasteiger partial charge in [0.1, 0.15) is 0 Å². The monoisotopic (exact) mass is 214 g/mol. The van der Waals surface area contributed by atoms with Gasteiger partial charge in [0.2, 0.25) is 5.91 Å². The molecule has 0 bridgehead atoms. The molecule has 0 atom stereocenters. The van der Waals surface area contributed by atoms with Crippen LogP contribution in [0.4, 0.5) is 0 Å². The smallest absolute Gasteiger partial charge is 0.233 e. The maximum Gasteiger partial charge on any atom is 0.233 e. The van der Waals surface area contributed by atoms with Crippen LogP contribution in [-0.2, 0) is 4.79 Å². The minimum atomic E-state index is -0.0436. The largest absolute Gasteiger partial charge is 0.355 e. The van der Waals surface area contributed by atoms with Crippen LogP contribution in [0.3, 0.4) is 0 Å². The van der Waals surface area contributed by atoms with Crippen molar-refractivity contribution in [3.05, 3.63) is 0 Å². The van der Waals surface area contributed by atoms with Crippen molar-refractivity contribution in [1.29, 1.82) is 0 Å². The Balaban J connectivity index is 2.95. The van der Waals surface area contributed by atoms with Crippen molar-refractivity contribution in [2.75, 3.05) is 13.1 Å². The van der Waals surface area contributed by atoms with Gasteiger partial charge in [0, 0.05) is 6.54 Å². The van der Waals surface area contributed by atoms with Gasteiger partial charge in [-0.05, 0) is 6.42 Å². The Hall–Kier alpha value is -0.570. The van der Waals surface area contributed by atoms with E-state index < -0.39 is 0 Å². The van der Waals surface area contributed by atoms with Gasteiger partial charge < -0.3 is 11.1 Å². The summed E-state index contributed by atoms with van der Waals surface area (Å²) in [5.74, 6) is -0.0436. The summed E-state index contributed by atoms with van der Waals surface area (Å²) < 4.78 is 0. The summed E-state index contributed by atoms with van der Waals surface area (Å²) in [5.41, 5.74) is 5.17. The molecule has 3 N–H and O–H groups in total. The first-order chi connectivity index (χ1) is 7.31. The lowest BCUT2D eigenvalue weighted by Crippen LogP contribution is -2.30. The van der Waals surface area contributed by atoms with Gasteiger partial charge in [-0.25, -0.2) is 0 Å². The van der Waals surface area contributed by atoms with Gasteiger partial charge >= 0.3 is 0 Å². The summed E-state index contributed by atoms with van der Waals surface area (Å²) in [5, 5.41) is 2.78. The summed E-state index contributed by atoms with van der Waals surface area (Å²) in [4.78, 5) is 10.8. The van der Waals surface area contributed by atoms with Gasteiger partial charge in [0.25, 0.3) is 0 Å². The molecular weight excluding hydrogens is 188 g/mol. The van der Waals surface area contributed by atoms with Crippen molar-refractivity contribution < 1.29 is 4.79 Å². The highest BCUT2D eigenvalue weighted by Gasteiger charge is 1.95. The van der Waals surface area contributed by atoms with Crippen LogP contribution in [0.5, 0.6) is 0 Å². The molecule has 0 aliphatic heterocycles. The first-order valence-corrected chi connectivity index (χ1v) is 6.28. The number of hydrogen-bond donors (Lipinski definition) is 2. The second kappa shape index (κ2) is 11.5. The van der Waals surface area contributed by atoms with E-state index in [9.17, 15) is 4.79 Å². The van der Waals surface area contributed by atoms with Crippen molar-refractivity contribution in [2.45, 2.75) is 58.3 Å². The Morgan fingerprint density at radius 1 is 1.00 bits per heavy atom. The zero-order valence-corrected chi connectivity index (χ0v) is 10.1. The van der Waals surface area contributed by atoms with E-state index in [0.29, 0.717) is 0 Å². The molecular formula is C12H26N2O. The first-order valence-electron chi connectivity index (χ1n) is 6.28. The number of carbonyl (C=O) groups is 1. The topological polar surface area (TPSA) is 55.1 Å². The maximum absolute atomic E-state index is 10.8. The minimum Gasteiger partial charge on any atom is -0.355 e. The van der Waals surface area contributed by atoms with Crippen molar-refractivity contribution in [2.24, 2.45) is 5.73 Å². The van der Waals surface area contributed by atoms with Gasteiger partial charge in [0.15, 0.2) is 0 Å². The number of rotatable bonds is 10. The van der Waals surface area contributed by atoms with Crippen molar-refractivity contribution in [3.63, 3.8) is 0 Å². The van der Waals surface area contributed by atoms with E-state index in [0.717, 1.165) is 13.0 Å². The van der Waals surface area contributed by atoms with Crippen LogP contribution in [0.2, 0.25) is 0 Å². The minimum absolute atomic E-state index is 0.0436. The number of carbonyl (C=O) groups excluding carboxylic acids is 1. The Labute approximate surface area is 93.8 Å². The summed E-state index contributed by atoms with van der Waals surface area (Å²) >= 11 is 0. The second-order valence-electron chi connectivity index (χ2n) is 4.03. The number of nitrogens with one attached hydrogen (secondary N) is 1. The molecule has 0 spiro atoms. The van der Waals surface area contributed by atoms with Gasteiger partial charge in [-0.3, -0.25) is 4.79 Å². The molecule has 0 aromatic carbocycles. The summed E-state index contributed by atoms with van der Waals surface area (Å²) in [6.45, 7) is 3.13. The van der Waals surface area contributed by atoms with Crippen LogP contribution in [0.25, 0.3) is 0 Å². The molecule has 0 unspecified atom stereocenters. The Morgan fingerprint density at radius 3 is 2.07 bits per heavy atom. The zero-order chi connectivity index (χ0) is 11.4. The van der Waals surface area contributed by atoms with Crippen molar-refractivity contribution >= 4 is 5.91 Å². The highest BCUT2D eigenvalue weighted by atomic mass is 16.1. The Morgan fingerprint density at radius 2 is 1.53 bits per heavy atom. The van der Waals surface area contributed by atoms with Crippen LogP contribution in [0, 0.1) is 0 Å². The van der Waals surface area contributed by atoms with Crippen LogP contribution >= 0.6 is 0 Å². The summed E-state index contributed by atoms with van der Waals surface area (Å²) in [6.07, 6.45) is 10.4. The predicted octanol–water partition coefficient (Wildman–Crippen LogP) is 2.20. The van der Waals surface area contributed by atoms with Gasteiger partial charge in [0.05, 0.1) is 6.54 Å². The average molecular weight is 214 g/mol. The summed E-state index contributed by atoms with van der Waals surface area (Å²) in [7, 11) is 0. The maximum atomic E-state index is 10.8. The fourth-order valence-corrected chi connectivity index (χ4v) is 1.56. The van der Waals surface area contributed by atoms with E-state index in [1.54, 1.807) is 0 Å². The number of nitrogens with two attached hydrogens (primary N) is 1. The first kappa shape index (κ1) is 14.4. The van der Waals surface area contributed by atoms with Crippen LogP contribution in [0.15, 0.2) is 0 Å². The summed E-state index contributed by atoms with van der Waals surface area (Å²) in [6, 6.07) is 0. The zero-order valence-electron chi connectivity index (χ0n) is 10.1. The van der Waals surface area contributed by atoms with E-state index in [1.807, 2.05) is 0 Å². The molecule has 0 aliphatic rings. The molecule has 3 nitrogen and oxygen atoms in total. The molecule has 0 rings (SSSR count). The third-order valence-corrected chi connectivity index (χ3v) is 2.54. The lowest BCUT2D eigenvalue weighted by Gasteiger charge is -2.03. The number of amides is 1. The molecule has 15 heavy (non-hydrogen) atoms. The highest BCUT2D eigenvalue weighted by molar-refractivity contribution is 5.77. The standard InChI is InChI=1S/C12H26N2O/c1-2-3-4-5-6-7-8-9-10-14-12(15)11-13/h2-11,13H2,1H3,(H,14,15). The third-order valence-electron chi connectivity index (χ3n) is 2.54. The molecule has 0 heterocycles. The van der Waals surface area contributed by atoms with Gasteiger partial charge in [-0.15, -0.1) is 0 Å². The van der Waals surface area contributed by atoms with Crippen LogP contribution in [-0.4, -0.2) is 19.0 Å². The van der Waals surface area contributed by atoms with E-state index in [4.69, 9.17) is 5.73 Å². The van der Waals surface area contributed by atoms with Crippen LogP contribution < -0.4 is 11.1 Å². The SMILES string of the molecule is CCCCCCCCCCNC(=O)CN. The molecule has 0 aromatic heterocycles. The van der Waals surface area contributed by atoms with E-state index in [-0.39, 0.29) is 12.5 Å². The molecule has 0 aliphatic carbocycles. The molecule has 1 amide bonds. The average Bonchev–Trinajstić information content (AvgIpc) is 2.26. The highest BCUT2D eigenvalue weighted by Crippen LogP contribution is 2.07. The van der Waals surface area contributed by atoms with Gasteiger partial charge in [-0.1, -0.05) is 51.9 Å². The third kappa shape index (κ3) is 11.4. The van der Waals surface area contributed by atoms with Crippen molar-refractivity contribution in [1.82, 2.24) is 5.32 Å². The molecule has 0 fully saturated rings. The lowest BCUT2D eigenvalue weighted by atomic mass is 10.1. The predicted molar refractivity (Wildman–Crippen MR) is 64.7 cm³/mol. The van der Waals surface area contributed by atoms with Gasteiger partial charge in [-0.2, -0.15) is 0 Å². The molecule has 0 saturated heterocycles. The van der Waals surface area contributed by atoms with E-state index in [2.05, 4.69) is 12.2 Å². The Bertz CT molecular complexity index is 149. The lowest BCUT2D eigenvalue weighted by molar-refractivity contribution is -0.119. The quantitative estimate of drug-likeness (QED) is 0.548. The molecule has 90 valence electrons. The number of unbranched alkanes of at least 4 members (excludes halogenated alkanes) is 7. The van der Waals surface area contributed by atoms with E-state index >= 15 is 0 Å². The second-order valence-corrected chi connectivity index (χ2v) is 4.03.